The number of benzene rings is 1. The predicted octanol–water partition coefficient (Wildman–Crippen LogP) is 2.01. The van der Waals surface area contributed by atoms with E-state index in [0.717, 1.165) is 17.9 Å². The molecule has 0 aliphatic carbocycles. The molecule has 1 atom stereocenters. The van der Waals surface area contributed by atoms with Gasteiger partial charge < -0.3 is 10.4 Å². The molecule has 0 aromatic heterocycles. The largest absolute Gasteiger partial charge is 0.481 e. The number of carbonyl (C=O) groups is 2. The van der Waals surface area contributed by atoms with Crippen molar-refractivity contribution < 1.29 is 14.7 Å². The van der Waals surface area contributed by atoms with Gasteiger partial charge in [-0.05, 0) is 29.9 Å². The number of rotatable bonds is 4. The Bertz CT molecular complexity index is 455. The van der Waals surface area contributed by atoms with Crippen LogP contribution in [0.15, 0.2) is 24.3 Å². The molecule has 1 heterocycles. The van der Waals surface area contributed by atoms with E-state index < -0.39 is 5.97 Å². The van der Waals surface area contributed by atoms with Gasteiger partial charge >= 0.3 is 5.97 Å². The zero-order valence-electron chi connectivity index (χ0n) is 9.89. The van der Waals surface area contributed by atoms with E-state index in [4.69, 9.17) is 5.11 Å². The molecule has 0 radical (unpaired) electrons. The van der Waals surface area contributed by atoms with Crippen LogP contribution in [-0.4, -0.2) is 28.5 Å². The first-order valence-corrected chi connectivity index (χ1v) is 7.00. The first-order chi connectivity index (χ1) is 8.65. The molecule has 1 amide bonds. The zero-order valence-corrected chi connectivity index (χ0v) is 10.7. The number of carbonyl (C=O) groups excluding carboxylic acids is 1. The second-order valence-electron chi connectivity index (χ2n) is 4.32. The third-order valence-corrected chi connectivity index (χ3v) is 4.01. The van der Waals surface area contributed by atoms with Crippen molar-refractivity contribution in [2.45, 2.75) is 12.8 Å². The first kappa shape index (κ1) is 13.0. The van der Waals surface area contributed by atoms with Gasteiger partial charge in [-0.3, -0.25) is 9.59 Å². The normalized spacial score (nSPS) is 18.6. The highest BCUT2D eigenvalue weighted by molar-refractivity contribution is 7.99. The van der Waals surface area contributed by atoms with Gasteiger partial charge in [0.25, 0.3) is 0 Å². The van der Waals surface area contributed by atoms with Crippen LogP contribution in [-0.2, 0) is 16.0 Å². The minimum Gasteiger partial charge on any atom is -0.481 e. The van der Waals surface area contributed by atoms with E-state index >= 15 is 0 Å². The van der Waals surface area contributed by atoms with Crippen molar-refractivity contribution in [2.75, 3.05) is 16.8 Å². The van der Waals surface area contributed by atoms with E-state index in [1.807, 2.05) is 0 Å². The molecule has 0 bridgehead atoms. The summed E-state index contributed by atoms with van der Waals surface area (Å²) in [6.45, 7) is 0. The maximum atomic E-state index is 11.9. The van der Waals surface area contributed by atoms with Crippen molar-refractivity contribution >= 4 is 29.3 Å². The zero-order chi connectivity index (χ0) is 13.0. The number of anilines is 1. The lowest BCUT2D eigenvalue weighted by Crippen LogP contribution is -2.22. The lowest BCUT2D eigenvalue weighted by atomic mass is 10.1. The fraction of sp³-hybridized carbons (Fsp3) is 0.385. The Labute approximate surface area is 110 Å². The van der Waals surface area contributed by atoms with Gasteiger partial charge in [-0.1, -0.05) is 12.1 Å². The Morgan fingerprint density at radius 1 is 1.44 bits per heavy atom. The molecule has 96 valence electrons. The molecular formula is C13H15NO3S. The summed E-state index contributed by atoms with van der Waals surface area (Å²) < 4.78 is 0. The topological polar surface area (TPSA) is 66.4 Å². The second kappa shape index (κ2) is 5.91. The molecule has 2 N–H and O–H groups in total. The maximum absolute atomic E-state index is 11.9. The predicted molar refractivity (Wildman–Crippen MR) is 71.8 cm³/mol. The third-order valence-electron chi connectivity index (χ3n) is 2.85. The minimum atomic E-state index is -0.870. The van der Waals surface area contributed by atoms with Crippen LogP contribution < -0.4 is 5.32 Å². The molecular weight excluding hydrogens is 250 g/mol. The molecule has 5 heteroatoms. The molecule has 1 aliphatic rings. The molecule has 1 aromatic rings. The van der Waals surface area contributed by atoms with Crippen LogP contribution >= 0.6 is 11.8 Å². The average molecular weight is 265 g/mol. The monoisotopic (exact) mass is 265 g/mol. The molecule has 2 rings (SSSR count). The Hall–Kier alpha value is -1.49. The minimum absolute atomic E-state index is 0.0248. The molecule has 1 aromatic carbocycles. The maximum Gasteiger partial charge on any atom is 0.307 e. The SMILES string of the molecule is O=C(O)Cc1cccc(NC(=O)C2CCSC2)c1. The average Bonchev–Trinajstić information content (AvgIpc) is 2.81. The van der Waals surface area contributed by atoms with Gasteiger partial charge in [-0.2, -0.15) is 11.8 Å². The standard InChI is InChI=1S/C13H15NO3S/c15-12(16)7-9-2-1-3-11(6-9)14-13(17)10-4-5-18-8-10/h1-3,6,10H,4-5,7-8H2,(H,14,17)(H,15,16). The number of nitrogens with one attached hydrogen (secondary N) is 1. The number of thioether (sulfide) groups is 1. The number of carboxylic acid groups (broad SMARTS) is 1. The summed E-state index contributed by atoms with van der Waals surface area (Å²) in [5.74, 6) is 1.16. The molecule has 1 unspecified atom stereocenters. The summed E-state index contributed by atoms with van der Waals surface area (Å²) in [5.41, 5.74) is 1.37. The smallest absolute Gasteiger partial charge is 0.307 e. The highest BCUT2D eigenvalue weighted by Crippen LogP contribution is 2.24. The van der Waals surface area contributed by atoms with Crippen LogP contribution in [0.3, 0.4) is 0 Å². The highest BCUT2D eigenvalue weighted by atomic mass is 32.2. The van der Waals surface area contributed by atoms with Crippen LogP contribution in [0, 0.1) is 5.92 Å². The van der Waals surface area contributed by atoms with Gasteiger partial charge in [0.1, 0.15) is 0 Å². The van der Waals surface area contributed by atoms with Crippen molar-refractivity contribution in [3.8, 4) is 0 Å². The molecule has 1 saturated heterocycles. The Kier molecular flexibility index (Phi) is 4.25. The summed E-state index contributed by atoms with van der Waals surface area (Å²) >= 11 is 1.79. The van der Waals surface area contributed by atoms with Crippen LogP contribution in [0.25, 0.3) is 0 Å². The van der Waals surface area contributed by atoms with Gasteiger partial charge in [-0.15, -0.1) is 0 Å². The Balaban J connectivity index is 2.00. The summed E-state index contributed by atoms with van der Waals surface area (Å²) in [5, 5.41) is 11.6. The fourth-order valence-corrected chi connectivity index (χ4v) is 3.14. The number of hydrogen-bond acceptors (Lipinski definition) is 3. The van der Waals surface area contributed by atoms with E-state index in [0.29, 0.717) is 11.3 Å². The number of amides is 1. The van der Waals surface area contributed by atoms with Crippen LogP contribution in [0.1, 0.15) is 12.0 Å². The molecule has 1 fully saturated rings. The fourth-order valence-electron chi connectivity index (χ4n) is 1.92. The third kappa shape index (κ3) is 3.50. The van der Waals surface area contributed by atoms with E-state index in [9.17, 15) is 9.59 Å². The van der Waals surface area contributed by atoms with Gasteiger partial charge in [0, 0.05) is 17.4 Å². The molecule has 18 heavy (non-hydrogen) atoms. The number of aliphatic carboxylic acids is 1. The molecule has 0 saturated carbocycles. The lowest BCUT2D eigenvalue weighted by molar-refractivity contribution is -0.136. The number of carboxylic acids is 1. The molecule has 1 aliphatic heterocycles. The van der Waals surface area contributed by atoms with Crippen LogP contribution in [0.2, 0.25) is 0 Å². The van der Waals surface area contributed by atoms with Crippen molar-refractivity contribution in [1.82, 2.24) is 0 Å². The van der Waals surface area contributed by atoms with Crippen molar-refractivity contribution in [3.05, 3.63) is 29.8 Å². The lowest BCUT2D eigenvalue weighted by Gasteiger charge is -2.10. The Morgan fingerprint density at radius 3 is 2.94 bits per heavy atom. The van der Waals surface area contributed by atoms with E-state index in [-0.39, 0.29) is 18.2 Å². The molecule has 0 spiro atoms. The second-order valence-corrected chi connectivity index (χ2v) is 5.47. The van der Waals surface area contributed by atoms with Gasteiger partial charge in [0.2, 0.25) is 5.91 Å². The van der Waals surface area contributed by atoms with Gasteiger partial charge in [0.05, 0.1) is 6.42 Å². The van der Waals surface area contributed by atoms with Crippen LogP contribution in [0.4, 0.5) is 5.69 Å². The highest BCUT2D eigenvalue weighted by Gasteiger charge is 2.23. The Morgan fingerprint density at radius 2 is 2.28 bits per heavy atom. The summed E-state index contributed by atoms with van der Waals surface area (Å²) in [4.78, 5) is 22.5. The summed E-state index contributed by atoms with van der Waals surface area (Å²) in [6.07, 6.45) is 0.897. The van der Waals surface area contributed by atoms with E-state index in [2.05, 4.69) is 5.32 Å². The van der Waals surface area contributed by atoms with Crippen LogP contribution in [0.5, 0.6) is 0 Å². The van der Waals surface area contributed by atoms with Crippen molar-refractivity contribution in [3.63, 3.8) is 0 Å². The van der Waals surface area contributed by atoms with E-state index in [1.54, 1.807) is 36.0 Å². The summed E-state index contributed by atoms with van der Waals surface area (Å²) in [6, 6.07) is 7.01. The van der Waals surface area contributed by atoms with E-state index in [1.165, 1.54) is 0 Å². The number of hydrogen-bond donors (Lipinski definition) is 2. The van der Waals surface area contributed by atoms with Gasteiger partial charge in [0.15, 0.2) is 0 Å². The molecule has 4 nitrogen and oxygen atoms in total. The summed E-state index contributed by atoms with van der Waals surface area (Å²) in [7, 11) is 0. The van der Waals surface area contributed by atoms with Crippen molar-refractivity contribution in [1.29, 1.82) is 0 Å². The van der Waals surface area contributed by atoms with Gasteiger partial charge in [-0.25, -0.2) is 0 Å². The first-order valence-electron chi connectivity index (χ1n) is 5.84. The van der Waals surface area contributed by atoms with Crippen molar-refractivity contribution in [2.24, 2.45) is 5.92 Å². The quantitative estimate of drug-likeness (QED) is 0.874.